The Morgan fingerprint density at radius 2 is 1.90 bits per heavy atom. The fourth-order valence-corrected chi connectivity index (χ4v) is 4.13. The summed E-state index contributed by atoms with van der Waals surface area (Å²) in [6, 6.07) is 11.0. The minimum Gasteiger partial charge on any atom is -0.465 e. The first-order chi connectivity index (χ1) is 14.8. The molecule has 3 aromatic rings. The van der Waals surface area contributed by atoms with Gasteiger partial charge in [-0.2, -0.15) is 0 Å². The maximum atomic E-state index is 13.0. The molecule has 0 spiro atoms. The van der Waals surface area contributed by atoms with Crippen LogP contribution in [-0.2, 0) is 20.0 Å². The van der Waals surface area contributed by atoms with Gasteiger partial charge < -0.3 is 25.6 Å². The first-order valence-corrected chi connectivity index (χ1v) is 10.1. The first kappa shape index (κ1) is 20.7. The average molecular weight is 440 g/mol. The van der Waals surface area contributed by atoms with Gasteiger partial charge in [-0.15, -0.1) is 0 Å². The molecule has 1 aliphatic rings. The van der Waals surface area contributed by atoms with Gasteiger partial charge in [0.2, 0.25) is 0 Å². The molecule has 1 aromatic heterocycles. The number of carbonyl (C=O) groups is 2. The summed E-state index contributed by atoms with van der Waals surface area (Å²) in [5.41, 5.74) is 11.2. The number of anilines is 2. The molecule has 8 nitrogen and oxygen atoms in total. The molecule has 0 unspecified atom stereocenters. The molecule has 4 N–H and O–H groups in total. The van der Waals surface area contributed by atoms with E-state index in [0.717, 1.165) is 22.4 Å². The predicted molar refractivity (Wildman–Crippen MR) is 119 cm³/mol. The third kappa shape index (κ3) is 3.70. The van der Waals surface area contributed by atoms with E-state index in [-0.39, 0.29) is 12.4 Å². The number of rotatable bonds is 3. The van der Waals surface area contributed by atoms with Crippen LogP contribution in [0.3, 0.4) is 0 Å². The van der Waals surface area contributed by atoms with E-state index in [1.54, 1.807) is 17.7 Å². The molecule has 2 amide bonds. The van der Waals surface area contributed by atoms with Crippen molar-refractivity contribution in [1.82, 2.24) is 14.5 Å². The topological polar surface area (TPSA) is 113 Å². The van der Waals surface area contributed by atoms with Gasteiger partial charge in [-0.3, -0.25) is 4.79 Å². The Balaban J connectivity index is 1.63. The van der Waals surface area contributed by atoms with E-state index in [4.69, 9.17) is 17.3 Å². The van der Waals surface area contributed by atoms with Crippen molar-refractivity contribution in [3.8, 4) is 11.1 Å². The fraction of sp³-hybridized carbons (Fsp3) is 0.227. The van der Waals surface area contributed by atoms with Gasteiger partial charge in [-0.25, -0.2) is 9.78 Å². The van der Waals surface area contributed by atoms with Crippen molar-refractivity contribution < 1.29 is 14.7 Å². The summed E-state index contributed by atoms with van der Waals surface area (Å²) in [5, 5.41) is 12.5. The Morgan fingerprint density at radius 3 is 2.65 bits per heavy atom. The number of nitrogens with one attached hydrogen (secondary N) is 1. The van der Waals surface area contributed by atoms with Crippen molar-refractivity contribution in [2.45, 2.75) is 19.9 Å². The van der Waals surface area contributed by atoms with Gasteiger partial charge in [-0.1, -0.05) is 35.9 Å². The molecular formula is C22H22ClN5O3. The van der Waals surface area contributed by atoms with E-state index in [9.17, 15) is 14.7 Å². The quantitative estimate of drug-likeness (QED) is 0.535. The molecule has 0 saturated carbocycles. The Labute approximate surface area is 184 Å². The van der Waals surface area contributed by atoms with Crippen LogP contribution >= 0.6 is 11.6 Å². The number of hydrogen-bond donors (Lipinski definition) is 3. The number of halogens is 1. The summed E-state index contributed by atoms with van der Waals surface area (Å²) in [6.07, 6.45) is -0.494. The van der Waals surface area contributed by atoms with Crippen LogP contribution in [0.4, 0.5) is 16.2 Å². The molecule has 1 aliphatic heterocycles. The van der Waals surface area contributed by atoms with E-state index in [2.05, 4.69) is 10.3 Å². The number of fused-ring (bicyclic) bond motifs is 1. The molecule has 0 fully saturated rings. The van der Waals surface area contributed by atoms with Crippen molar-refractivity contribution >= 4 is 35.0 Å². The Hall–Kier alpha value is -3.52. The molecule has 0 aliphatic carbocycles. The van der Waals surface area contributed by atoms with E-state index >= 15 is 0 Å². The van der Waals surface area contributed by atoms with E-state index in [0.29, 0.717) is 35.1 Å². The van der Waals surface area contributed by atoms with Crippen LogP contribution in [0.15, 0.2) is 36.4 Å². The van der Waals surface area contributed by atoms with Crippen molar-refractivity contribution in [2.24, 2.45) is 7.05 Å². The number of carbonyl (C=O) groups excluding carboxylic acids is 1. The molecule has 31 heavy (non-hydrogen) atoms. The highest BCUT2D eigenvalue weighted by Crippen LogP contribution is 2.37. The Bertz CT molecular complexity index is 1200. The number of hydrogen-bond acceptors (Lipinski definition) is 4. The van der Waals surface area contributed by atoms with Gasteiger partial charge >= 0.3 is 6.09 Å². The van der Waals surface area contributed by atoms with Gasteiger partial charge in [0.25, 0.3) is 5.91 Å². The third-order valence-electron chi connectivity index (χ3n) is 5.64. The second-order valence-corrected chi connectivity index (χ2v) is 7.86. The average Bonchev–Trinajstić information content (AvgIpc) is 3.08. The second-order valence-electron chi connectivity index (χ2n) is 7.48. The maximum Gasteiger partial charge on any atom is 0.407 e. The van der Waals surface area contributed by atoms with E-state index < -0.39 is 12.0 Å². The summed E-state index contributed by atoms with van der Waals surface area (Å²) in [4.78, 5) is 29.9. The van der Waals surface area contributed by atoms with Gasteiger partial charge in [0.1, 0.15) is 0 Å². The van der Waals surface area contributed by atoms with Gasteiger partial charge in [0.05, 0.1) is 22.9 Å². The van der Waals surface area contributed by atoms with Gasteiger partial charge in [-0.05, 0) is 30.2 Å². The summed E-state index contributed by atoms with van der Waals surface area (Å²) in [6.45, 7) is 2.46. The van der Waals surface area contributed by atoms with Crippen molar-refractivity contribution in [3.63, 3.8) is 0 Å². The lowest BCUT2D eigenvalue weighted by Crippen LogP contribution is -2.35. The molecule has 0 radical (unpaired) electrons. The standard InChI is InChI=1S/C22H22ClN5O3/c1-12-13(5-3-7-15(12)24)14-6-4-8-16(19(14)23)26-21(29)20-25-17-11-28(22(30)31)10-9-18(17)27(20)2/h3-8H,9-11,24H2,1-2H3,(H,26,29)(H,30,31). The number of benzene rings is 2. The van der Waals surface area contributed by atoms with Crippen LogP contribution < -0.4 is 11.1 Å². The number of nitrogens with zero attached hydrogens (tertiary/aromatic N) is 3. The largest absolute Gasteiger partial charge is 0.465 e. The zero-order valence-corrected chi connectivity index (χ0v) is 17.9. The number of nitrogens with two attached hydrogens (primary N) is 1. The van der Waals surface area contributed by atoms with Crippen LogP contribution in [-0.4, -0.2) is 38.1 Å². The first-order valence-electron chi connectivity index (χ1n) is 9.75. The molecule has 0 saturated heterocycles. The molecule has 0 bridgehead atoms. The lowest BCUT2D eigenvalue weighted by Gasteiger charge is -2.23. The number of aromatic nitrogens is 2. The summed E-state index contributed by atoms with van der Waals surface area (Å²) >= 11 is 6.64. The highest BCUT2D eigenvalue weighted by Gasteiger charge is 2.27. The van der Waals surface area contributed by atoms with Crippen LogP contribution in [0.5, 0.6) is 0 Å². The Kier molecular flexibility index (Phi) is 5.32. The molecule has 2 aromatic carbocycles. The molecular weight excluding hydrogens is 418 g/mol. The Morgan fingerprint density at radius 1 is 1.19 bits per heavy atom. The van der Waals surface area contributed by atoms with E-state index in [1.807, 2.05) is 37.3 Å². The highest BCUT2D eigenvalue weighted by molar-refractivity contribution is 6.36. The minimum atomic E-state index is -0.997. The van der Waals surface area contributed by atoms with Crippen molar-refractivity contribution in [1.29, 1.82) is 0 Å². The molecule has 0 atom stereocenters. The SMILES string of the molecule is Cc1c(N)cccc1-c1cccc(NC(=O)c2nc3c(n2C)CCN(C(=O)O)C3)c1Cl. The molecule has 2 heterocycles. The number of amides is 2. The highest BCUT2D eigenvalue weighted by atomic mass is 35.5. The molecule has 4 rings (SSSR count). The molecule has 160 valence electrons. The maximum absolute atomic E-state index is 13.0. The third-order valence-corrected chi connectivity index (χ3v) is 6.05. The van der Waals surface area contributed by atoms with Crippen LogP contribution in [0.1, 0.15) is 27.6 Å². The monoisotopic (exact) mass is 439 g/mol. The van der Waals surface area contributed by atoms with Crippen LogP contribution in [0.2, 0.25) is 5.02 Å². The number of imidazole rings is 1. The normalized spacial score (nSPS) is 13.1. The van der Waals surface area contributed by atoms with Gasteiger partial charge in [0, 0.05) is 37.0 Å². The summed E-state index contributed by atoms with van der Waals surface area (Å²) < 4.78 is 1.71. The van der Waals surface area contributed by atoms with Crippen LogP contribution in [0.25, 0.3) is 11.1 Å². The zero-order chi connectivity index (χ0) is 22.3. The van der Waals surface area contributed by atoms with Crippen LogP contribution in [0, 0.1) is 6.92 Å². The predicted octanol–water partition coefficient (Wildman–Crippen LogP) is 3.92. The summed E-state index contributed by atoms with van der Waals surface area (Å²) in [5.74, 6) is -0.207. The number of carboxylic acid groups (broad SMARTS) is 1. The lowest BCUT2D eigenvalue weighted by atomic mass is 9.99. The number of nitrogen functional groups attached to an aromatic ring is 1. The fourth-order valence-electron chi connectivity index (χ4n) is 3.85. The van der Waals surface area contributed by atoms with Gasteiger partial charge in [0.15, 0.2) is 5.82 Å². The molecule has 9 heteroatoms. The smallest absolute Gasteiger partial charge is 0.407 e. The summed E-state index contributed by atoms with van der Waals surface area (Å²) in [7, 11) is 1.76. The minimum absolute atomic E-state index is 0.163. The zero-order valence-electron chi connectivity index (χ0n) is 17.1. The second kappa shape index (κ2) is 7.96. The lowest BCUT2D eigenvalue weighted by molar-refractivity contribution is 0.101. The van der Waals surface area contributed by atoms with Crippen molar-refractivity contribution in [2.75, 3.05) is 17.6 Å². The van der Waals surface area contributed by atoms with Crippen molar-refractivity contribution in [3.05, 3.63) is 64.2 Å². The van der Waals surface area contributed by atoms with E-state index in [1.165, 1.54) is 4.90 Å².